The number of rotatable bonds is 3. The van der Waals surface area contributed by atoms with Gasteiger partial charge < -0.3 is 10.4 Å². The van der Waals surface area contributed by atoms with E-state index in [1.807, 2.05) is 0 Å². The third kappa shape index (κ3) is 2.46. The highest BCUT2D eigenvalue weighted by Gasteiger charge is 2.29. The standard InChI is InChI=1S/C10H21NO/c1-7(2)4-8(3)9-5-11-6-10(9)12/h7-12H,4-6H2,1-3H3. The van der Waals surface area contributed by atoms with E-state index < -0.39 is 0 Å². The van der Waals surface area contributed by atoms with Crippen molar-refractivity contribution in [2.75, 3.05) is 13.1 Å². The largest absolute Gasteiger partial charge is 0.391 e. The quantitative estimate of drug-likeness (QED) is 0.670. The molecule has 1 saturated heterocycles. The van der Waals surface area contributed by atoms with Crippen molar-refractivity contribution in [3.05, 3.63) is 0 Å². The van der Waals surface area contributed by atoms with E-state index in [-0.39, 0.29) is 6.10 Å². The summed E-state index contributed by atoms with van der Waals surface area (Å²) in [5.74, 6) is 1.87. The summed E-state index contributed by atoms with van der Waals surface area (Å²) >= 11 is 0. The average molecular weight is 171 g/mol. The molecular formula is C10H21NO. The van der Waals surface area contributed by atoms with Crippen LogP contribution in [-0.4, -0.2) is 24.3 Å². The molecular weight excluding hydrogens is 150 g/mol. The van der Waals surface area contributed by atoms with Crippen molar-refractivity contribution < 1.29 is 5.11 Å². The molecule has 0 aromatic heterocycles. The number of nitrogens with one attached hydrogen (secondary N) is 1. The van der Waals surface area contributed by atoms with E-state index in [9.17, 15) is 5.11 Å². The third-order valence-corrected chi connectivity index (χ3v) is 2.80. The maximum absolute atomic E-state index is 9.61. The lowest BCUT2D eigenvalue weighted by molar-refractivity contribution is 0.111. The summed E-state index contributed by atoms with van der Waals surface area (Å²) < 4.78 is 0. The highest BCUT2D eigenvalue weighted by Crippen LogP contribution is 2.24. The second kappa shape index (κ2) is 4.24. The van der Waals surface area contributed by atoms with Gasteiger partial charge in [-0.25, -0.2) is 0 Å². The Kier molecular flexibility index (Phi) is 3.53. The summed E-state index contributed by atoms with van der Waals surface area (Å²) in [6.07, 6.45) is 1.11. The van der Waals surface area contributed by atoms with E-state index in [2.05, 4.69) is 26.1 Å². The van der Waals surface area contributed by atoms with Crippen LogP contribution in [0.2, 0.25) is 0 Å². The van der Waals surface area contributed by atoms with Gasteiger partial charge in [-0.15, -0.1) is 0 Å². The molecule has 0 spiro atoms. The van der Waals surface area contributed by atoms with Crippen molar-refractivity contribution in [3.63, 3.8) is 0 Å². The van der Waals surface area contributed by atoms with Gasteiger partial charge in [0, 0.05) is 19.0 Å². The zero-order valence-corrected chi connectivity index (χ0v) is 8.38. The minimum atomic E-state index is -0.112. The Labute approximate surface area is 75.4 Å². The zero-order valence-electron chi connectivity index (χ0n) is 8.38. The Morgan fingerprint density at radius 1 is 1.33 bits per heavy atom. The molecule has 12 heavy (non-hydrogen) atoms. The second-order valence-corrected chi connectivity index (χ2v) is 4.50. The molecule has 0 aliphatic carbocycles. The van der Waals surface area contributed by atoms with Crippen LogP contribution in [0, 0.1) is 17.8 Å². The summed E-state index contributed by atoms with van der Waals surface area (Å²) in [6.45, 7) is 8.51. The molecule has 0 amide bonds. The topological polar surface area (TPSA) is 32.3 Å². The van der Waals surface area contributed by atoms with Crippen LogP contribution in [-0.2, 0) is 0 Å². The number of hydrogen-bond acceptors (Lipinski definition) is 2. The van der Waals surface area contributed by atoms with Gasteiger partial charge in [-0.3, -0.25) is 0 Å². The fraction of sp³-hybridized carbons (Fsp3) is 1.00. The molecule has 0 aromatic carbocycles. The van der Waals surface area contributed by atoms with Gasteiger partial charge in [-0.05, 0) is 18.3 Å². The molecule has 1 aliphatic heterocycles. The fourth-order valence-corrected chi connectivity index (χ4v) is 2.18. The van der Waals surface area contributed by atoms with Crippen LogP contribution in [0.15, 0.2) is 0 Å². The smallest absolute Gasteiger partial charge is 0.0707 e. The van der Waals surface area contributed by atoms with Gasteiger partial charge in [0.1, 0.15) is 0 Å². The van der Waals surface area contributed by atoms with Gasteiger partial charge in [-0.2, -0.15) is 0 Å². The van der Waals surface area contributed by atoms with E-state index in [0.29, 0.717) is 11.8 Å². The SMILES string of the molecule is CC(C)CC(C)C1CNCC1O. The highest BCUT2D eigenvalue weighted by molar-refractivity contribution is 4.84. The first kappa shape index (κ1) is 10.0. The first-order chi connectivity index (χ1) is 5.61. The molecule has 2 N–H and O–H groups in total. The summed E-state index contributed by atoms with van der Waals surface area (Å²) in [5.41, 5.74) is 0. The van der Waals surface area contributed by atoms with Crippen LogP contribution in [0.1, 0.15) is 27.2 Å². The first-order valence-corrected chi connectivity index (χ1v) is 5.00. The number of aliphatic hydroxyl groups is 1. The van der Waals surface area contributed by atoms with Crippen molar-refractivity contribution >= 4 is 0 Å². The lowest BCUT2D eigenvalue weighted by Gasteiger charge is -2.22. The van der Waals surface area contributed by atoms with Crippen molar-refractivity contribution in [1.29, 1.82) is 0 Å². The summed E-state index contributed by atoms with van der Waals surface area (Å²) in [5, 5.41) is 12.8. The molecule has 0 radical (unpaired) electrons. The van der Waals surface area contributed by atoms with E-state index in [0.717, 1.165) is 19.0 Å². The Balaban J connectivity index is 2.35. The van der Waals surface area contributed by atoms with Gasteiger partial charge in [0.2, 0.25) is 0 Å². The maximum Gasteiger partial charge on any atom is 0.0707 e. The van der Waals surface area contributed by atoms with E-state index in [4.69, 9.17) is 0 Å². The van der Waals surface area contributed by atoms with Crippen LogP contribution in [0.5, 0.6) is 0 Å². The number of aliphatic hydroxyl groups excluding tert-OH is 1. The Morgan fingerprint density at radius 2 is 2.00 bits per heavy atom. The molecule has 3 unspecified atom stereocenters. The molecule has 3 atom stereocenters. The van der Waals surface area contributed by atoms with E-state index in [1.165, 1.54) is 6.42 Å². The van der Waals surface area contributed by atoms with Crippen molar-refractivity contribution in [1.82, 2.24) is 5.32 Å². The van der Waals surface area contributed by atoms with Crippen LogP contribution >= 0.6 is 0 Å². The molecule has 1 fully saturated rings. The minimum absolute atomic E-state index is 0.112. The van der Waals surface area contributed by atoms with E-state index in [1.54, 1.807) is 0 Å². The van der Waals surface area contributed by atoms with Crippen LogP contribution in [0.4, 0.5) is 0 Å². The zero-order chi connectivity index (χ0) is 9.14. The summed E-state index contributed by atoms with van der Waals surface area (Å²) in [7, 11) is 0. The summed E-state index contributed by atoms with van der Waals surface area (Å²) in [4.78, 5) is 0. The predicted molar refractivity (Wildman–Crippen MR) is 51.0 cm³/mol. The molecule has 0 saturated carbocycles. The molecule has 1 heterocycles. The third-order valence-electron chi connectivity index (χ3n) is 2.80. The first-order valence-electron chi connectivity index (χ1n) is 5.00. The van der Waals surface area contributed by atoms with Gasteiger partial charge in [0.25, 0.3) is 0 Å². The van der Waals surface area contributed by atoms with Gasteiger partial charge in [0.15, 0.2) is 0 Å². The molecule has 2 nitrogen and oxygen atoms in total. The van der Waals surface area contributed by atoms with Gasteiger partial charge >= 0.3 is 0 Å². The molecule has 2 heteroatoms. The molecule has 0 bridgehead atoms. The lowest BCUT2D eigenvalue weighted by atomic mass is 9.85. The molecule has 1 rings (SSSR count). The Morgan fingerprint density at radius 3 is 2.42 bits per heavy atom. The summed E-state index contributed by atoms with van der Waals surface area (Å²) in [6, 6.07) is 0. The Hall–Kier alpha value is -0.0800. The average Bonchev–Trinajstić information content (AvgIpc) is 2.33. The van der Waals surface area contributed by atoms with E-state index >= 15 is 0 Å². The number of hydrogen-bond donors (Lipinski definition) is 2. The van der Waals surface area contributed by atoms with Gasteiger partial charge in [0.05, 0.1) is 6.10 Å². The van der Waals surface area contributed by atoms with Crippen molar-refractivity contribution in [2.24, 2.45) is 17.8 Å². The van der Waals surface area contributed by atoms with Crippen LogP contribution in [0.25, 0.3) is 0 Å². The normalized spacial score (nSPS) is 32.8. The molecule has 72 valence electrons. The van der Waals surface area contributed by atoms with Crippen LogP contribution in [0.3, 0.4) is 0 Å². The monoisotopic (exact) mass is 171 g/mol. The van der Waals surface area contributed by atoms with Gasteiger partial charge in [-0.1, -0.05) is 20.8 Å². The number of β-amino-alcohol motifs (C(OH)–C–C–N with tert-alkyl or cyclic N) is 1. The Bertz CT molecular complexity index is 136. The predicted octanol–water partition coefficient (Wildman–Crippen LogP) is 1.25. The fourth-order valence-electron chi connectivity index (χ4n) is 2.18. The molecule has 0 aromatic rings. The minimum Gasteiger partial charge on any atom is -0.391 e. The molecule has 1 aliphatic rings. The van der Waals surface area contributed by atoms with Crippen molar-refractivity contribution in [3.8, 4) is 0 Å². The second-order valence-electron chi connectivity index (χ2n) is 4.50. The maximum atomic E-state index is 9.61. The lowest BCUT2D eigenvalue weighted by Crippen LogP contribution is -2.25. The van der Waals surface area contributed by atoms with Crippen molar-refractivity contribution in [2.45, 2.75) is 33.3 Å². The van der Waals surface area contributed by atoms with Crippen LogP contribution < -0.4 is 5.32 Å². The highest BCUT2D eigenvalue weighted by atomic mass is 16.3.